The number of carbonyl (C=O) groups is 2. The lowest BCUT2D eigenvalue weighted by atomic mass is 10.1. The highest BCUT2D eigenvalue weighted by Crippen LogP contribution is 2.21. The average Bonchev–Trinajstić information content (AvgIpc) is 2.91. The van der Waals surface area contributed by atoms with Crippen molar-refractivity contribution in [3.05, 3.63) is 59.7 Å². The molecular formula is C26H34N4O5S. The first kappa shape index (κ1) is 26.0. The zero-order chi connectivity index (χ0) is 25.5. The van der Waals surface area contributed by atoms with E-state index in [0.29, 0.717) is 44.1 Å². The summed E-state index contributed by atoms with van der Waals surface area (Å²) in [5.41, 5.74) is 2.92. The lowest BCUT2D eigenvalue weighted by Crippen LogP contribution is -2.41. The van der Waals surface area contributed by atoms with Gasteiger partial charge >= 0.3 is 0 Å². The molecule has 2 amide bonds. The Bertz CT molecular complexity index is 1140. The molecule has 2 saturated heterocycles. The van der Waals surface area contributed by atoms with Gasteiger partial charge in [0.05, 0.1) is 25.2 Å². The Balaban J connectivity index is 1.35. The van der Waals surface area contributed by atoms with Gasteiger partial charge < -0.3 is 19.9 Å². The highest BCUT2D eigenvalue weighted by molar-refractivity contribution is 7.92. The van der Waals surface area contributed by atoms with Gasteiger partial charge in [-0.2, -0.15) is 0 Å². The number of hydrogen-bond acceptors (Lipinski definition) is 6. The topological polar surface area (TPSA) is 99.3 Å². The molecule has 1 N–H and O–H groups in total. The van der Waals surface area contributed by atoms with Crippen molar-refractivity contribution in [1.29, 1.82) is 0 Å². The van der Waals surface area contributed by atoms with E-state index in [1.165, 1.54) is 24.9 Å². The monoisotopic (exact) mass is 514 g/mol. The summed E-state index contributed by atoms with van der Waals surface area (Å²) in [4.78, 5) is 29.4. The van der Waals surface area contributed by atoms with Gasteiger partial charge in [-0.05, 0) is 61.2 Å². The van der Waals surface area contributed by atoms with Crippen molar-refractivity contribution in [2.45, 2.75) is 25.8 Å². The third kappa shape index (κ3) is 6.76. The molecule has 0 saturated carbocycles. The number of piperidine rings is 1. The number of benzene rings is 2. The first-order chi connectivity index (χ1) is 17.3. The summed E-state index contributed by atoms with van der Waals surface area (Å²) in [6.45, 7) is 4.16. The third-order valence-electron chi connectivity index (χ3n) is 6.54. The van der Waals surface area contributed by atoms with Gasteiger partial charge in [0.15, 0.2) is 0 Å². The molecule has 0 aromatic heterocycles. The number of nitrogens with one attached hydrogen (secondary N) is 1. The van der Waals surface area contributed by atoms with E-state index in [1.807, 2.05) is 12.1 Å². The fraction of sp³-hybridized carbons (Fsp3) is 0.462. The van der Waals surface area contributed by atoms with Gasteiger partial charge in [-0.1, -0.05) is 12.1 Å². The highest BCUT2D eigenvalue weighted by Gasteiger charge is 2.23. The first-order valence-electron chi connectivity index (χ1n) is 12.4. The van der Waals surface area contributed by atoms with Gasteiger partial charge in [-0.15, -0.1) is 0 Å². The number of amides is 2. The third-order valence-corrected chi connectivity index (χ3v) is 7.68. The Labute approximate surface area is 213 Å². The van der Waals surface area contributed by atoms with Crippen LogP contribution in [0.25, 0.3) is 0 Å². The van der Waals surface area contributed by atoms with Crippen LogP contribution in [0.2, 0.25) is 0 Å². The van der Waals surface area contributed by atoms with Gasteiger partial charge in [0.2, 0.25) is 15.9 Å². The minimum absolute atomic E-state index is 0.125. The fourth-order valence-corrected chi connectivity index (χ4v) is 5.34. The second-order valence-corrected chi connectivity index (χ2v) is 11.1. The van der Waals surface area contributed by atoms with E-state index in [4.69, 9.17) is 4.74 Å². The molecule has 9 nitrogen and oxygen atoms in total. The molecule has 0 radical (unpaired) electrons. The second-order valence-electron chi connectivity index (χ2n) is 9.21. The second kappa shape index (κ2) is 11.7. The molecule has 2 aliphatic rings. The summed E-state index contributed by atoms with van der Waals surface area (Å²) in [5, 5.41) is 2.81. The number of ether oxygens (including phenoxy) is 1. The van der Waals surface area contributed by atoms with Crippen LogP contribution in [0, 0.1) is 0 Å². The van der Waals surface area contributed by atoms with Crippen LogP contribution >= 0.6 is 0 Å². The minimum atomic E-state index is -3.71. The van der Waals surface area contributed by atoms with Crippen molar-refractivity contribution < 1.29 is 22.7 Å². The highest BCUT2D eigenvalue weighted by atomic mass is 32.2. The molecule has 4 rings (SSSR count). The SMILES string of the molecule is CS(=O)(=O)N(CC(=O)NCc1ccc(N2CCCCC2)cc1)c1ccc(C(=O)N2CCOCC2)cc1. The molecule has 194 valence electrons. The number of anilines is 2. The predicted octanol–water partition coefficient (Wildman–Crippen LogP) is 2.23. The van der Waals surface area contributed by atoms with Crippen molar-refractivity contribution in [2.24, 2.45) is 0 Å². The minimum Gasteiger partial charge on any atom is -0.378 e. The molecule has 36 heavy (non-hydrogen) atoms. The van der Waals surface area contributed by atoms with Crippen LogP contribution in [0.5, 0.6) is 0 Å². The average molecular weight is 515 g/mol. The number of hydrogen-bond donors (Lipinski definition) is 1. The molecule has 0 bridgehead atoms. The smallest absolute Gasteiger partial charge is 0.254 e. The van der Waals surface area contributed by atoms with E-state index in [2.05, 4.69) is 22.3 Å². The van der Waals surface area contributed by atoms with E-state index in [9.17, 15) is 18.0 Å². The summed E-state index contributed by atoms with van der Waals surface area (Å²) < 4.78 is 31.2. The van der Waals surface area contributed by atoms with E-state index in [1.54, 1.807) is 29.2 Å². The van der Waals surface area contributed by atoms with Crippen molar-refractivity contribution in [2.75, 3.05) is 61.4 Å². The van der Waals surface area contributed by atoms with Crippen LogP contribution in [-0.4, -0.2) is 77.3 Å². The Morgan fingerprint density at radius 3 is 2.17 bits per heavy atom. The van der Waals surface area contributed by atoms with E-state index >= 15 is 0 Å². The molecule has 0 spiro atoms. The number of rotatable bonds is 8. The van der Waals surface area contributed by atoms with Gasteiger partial charge in [-0.25, -0.2) is 8.42 Å². The van der Waals surface area contributed by atoms with Crippen molar-refractivity contribution >= 4 is 33.2 Å². The summed E-state index contributed by atoms with van der Waals surface area (Å²) in [5.74, 6) is -0.534. The Kier molecular flexibility index (Phi) is 8.48. The molecule has 0 aliphatic carbocycles. The Morgan fingerprint density at radius 1 is 0.917 bits per heavy atom. The van der Waals surface area contributed by atoms with Crippen LogP contribution in [-0.2, 0) is 26.1 Å². The van der Waals surface area contributed by atoms with Crippen molar-refractivity contribution in [3.8, 4) is 0 Å². The largest absolute Gasteiger partial charge is 0.378 e. The summed E-state index contributed by atoms with van der Waals surface area (Å²) >= 11 is 0. The first-order valence-corrected chi connectivity index (χ1v) is 14.2. The predicted molar refractivity (Wildman–Crippen MR) is 140 cm³/mol. The maximum Gasteiger partial charge on any atom is 0.254 e. The molecule has 2 heterocycles. The fourth-order valence-electron chi connectivity index (χ4n) is 4.48. The standard InChI is InChI=1S/C26H34N4O5S/c1-36(33,34)30(24-11-7-22(8-12-24)26(32)29-15-17-35-18-16-29)20-25(31)27-19-21-5-9-23(10-6-21)28-13-3-2-4-14-28/h5-12H,2-4,13-20H2,1H3,(H,27,31). The molecular weight excluding hydrogens is 480 g/mol. The van der Waals surface area contributed by atoms with E-state index < -0.39 is 15.9 Å². The summed E-state index contributed by atoms with van der Waals surface area (Å²) in [6, 6.07) is 14.4. The molecule has 10 heteroatoms. The zero-order valence-corrected chi connectivity index (χ0v) is 21.5. The van der Waals surface area contributed by atoms with Gasteiger partial charge in [0.1, 0.15) is 6.54 Å². The van der Waals surface area contributed by atoms with Crippen LogP contribution in [0.1, 0.15) is 35.2 Å². The van der Waals surface area contributed by atoms with E-state index in [-0.39, 0.29) is 12.5 Å². The Morgan fingerprint density at radius 2 is 1.56 bits per heavy atom. The number of carbonyl (C=O) groups excluding carboxylic acids is 2. The maximum atomic E-state index is 12.7. The van der Waals surface area contributed by atoms with Gasteiger partial charge in [0, 0.05) is 44.0 Å². The maximum absolute atomic E-state index is 12.7. The summed E-state index contributed by atoms with van der Waals surface area (Å²) in [7, 11) is -3.71. The van der Waals surface area contributed by atoms with Gasteiger partial charge in [0.25, 0.3) is 5.91 Å². The molecule has 2 aliphatic heterocycles. The molecule has 2 aromatic rings. The quantitative estimate of drug-likeness (QED) is 0.580. The van der Waals surface area contributed by atoms with Gasteiger partial charge in [-0.3, -0.25) is 13.9 Å². The van der Waals surface area contributed by atoms with Crippen LogP contribution in [0.4, 0.5) is 11.4 Å². The van der Waals surface area contributed by atoms with Crippen molar-refractivity contribution in [3.63, 3.8) is 0 Å². The number of morpholine rings is 1. The zero-order valence-electron chi connectivity index (χ0n) is 20.7. The Hall–Kier alpha value is -3.11. The molecule has 0 atom stereocenters. The molecule has 2 aromatic carbocycles. The lowest BCUT2D eigenvalue weighted by molar-refractivity contribution is -0.119. The van der Waals surface area contributed by atoms with Crippen LogP contribution in [0.3, 0.4) is 0 Å². The summed E-state index contributed by atoms with van der Waals surface area (Å²) in [6.07, 6.45) is 4.76. The van der Waals surface area contributed by atoms with Crippen molar-refractivity contribution in [1.82, 2.24) is 10.2 Å². The molecule has 0 unspecified atom stereocenters. The number of nitrogens with zero attached hydrogens (tertiary/aromatic N) is 3. The van der Waals surface area contributed by atoms with Crippen LogP contribution in [0.15, 0.2) is 48.5 Å². The number of sulfonamides is 1. The lowest BCUT2D eigenvalue weighted by Gasteiger charge is -2.28. The normalized spacial score (nSPS) is 16.5. The van der Waals surface area contributed by atoms with Crippen LogP contribution < -0.4 is 14.5 Å². The molecule has 2 fully saturated rings. The van der Waals surface area contributed by atoms with E-state index in [0.717, 1.165) is 29.2 Å².